The number of aromatic carboxylic acids is 1. The SMILES string of the molecule is CC1OCCC1CNCc1ncncc1C(=O)O. The summed E-state index contributed by atoms with van der Waals surface area (Å²) >= 11 is 0. The van der Waals surface area contributed by atoms with Crippen LogP contribution in [0.5, 0.6) is 0 Å². The normalized spacial score (nSPS) is 23.2. The molecule has 6 heteroatoms. The number of carboxylic acid groups (broad SMARTS) is 1. The van der Waals surface area contributed by atoms with Gasteiger partial charge in [-0.2, -0.15) is 0 Å². The highest BCUT2D eigenvalue weighted by Crippen LogP contribution is 2.19. The maximum absolute atomic E-state index is 11.0. The van der Waals surface area contributed by atoms with Gasteiger partial charge in [0, 0.05) is 25.9 Å². The van der Waals surface area contributed by atoms with Crippen LogP contribution in [0.2, 0.25) is 0 Å². The van der Waals surface area contributed by atoms with E-state index in [1.165, 1.54) is 12.5 Å². The Morgan fingerprint density at radius 3 is 3.17 bits per heavy atom. The Kier molecular flexibility index (Phi) is 4.22. The maximum Gasteiger partial charge on any atom is 0.339 e. The van der Waals surface area contributed by atoms with Crippen molar-refractivity contribution in [2.45, 2.75) is 26.0 Å². The van der Waals surface area contributed by atoms with Crippen molar-refractivity contribution in [2.24, 2.45) is 5.92 Å². The van der Waals surface area contributed by atoms with E-state index >= 15 is 0 Å². The molecule has 0 aliphatic carbocycles. The van der Waals surface area contributed by atoms with Crippen molar-refractivity contribution in [2.75, 3.05) is 13.2 Å². The second-order valence-electron chi connectivity index (χ2n) is 4.44. The predicted octanol–water partition coefficient (Wildman–Crippen LogP) is 0.689. The van der Waals surface area contributed by atoms with Crippen LogP contribution in [-0.2, 0) is 11.3 Å². The van der Waals surface area contributed by atoms with Gasteiger partial charge in [-0.15, -0.1) is 0 Å². The molecule has 1 aliphatic heterocycles. The summed E-state index contributed by atoms with van der Waals surface area (Å²) in [4.78, 5) is 18.7. The molecule has 0 radical (unpaired) electrons. The van der Waals surface area contributed by atoms with Crippen molar-refractivity contribution in [1.29, 1.82) is 0 Å². The zero-order valence-electron chi connectivity index (χ0n) is 10.3. The Bertz CT molecular complexity index is 425. The van der Waals surface area contributed by atoms with Crippen molar-refractivity contribution in [3.63, 3.8) is 0 Å². The molecule has 2 heterocycles. The van der Waals surface area contributed by atoms with Crippen molar-refractivity contribution in [3.05, 3.63) is 23.8 Å². The molecule has 0 spiro atoms. The number of carboxylic acids is 1. The molecule has 1 aromatic heterocycles. The Hall–Kier alpha value is -1.53. The van der Waals surface area contributed by atoms with Crippen molar-refractivity contribution < 1.29 is 14.6 Å². The number of aromatic nitrogens is 2. The fourth-order valence-electron chi connectivity index (χ4n) is 2.09. The molecule has 1 saturated heterocycles. The third kappa shape index (κ3) is 3.02. The summed E-state index contributed by atoms with van der Waals surface area (Å²) in [6, 6.07) is 0. The molecule has 0 bridgehead atoms. The van der Waals surface area contributed by atoms with Crippen LogP contribution in [0, 0.1) is 5.92 Å². The van der Waals surface area contributed by atoms with Crippen LogP contribution < -0.4 is 5.32 Å². The largest absolute Gasteiger partial charge is 0.478 e. The van der Waals surface area contributed by atoms with Gasteiger partial charge in [0.25, 0.3) is 0 Å². The van der Waals surface area contributed by atoms with Crippen LogP contribution in [0.15, 0.2) is 12.5 Å². The molecule has 1 aliphatic rings. The van der Waals surface area contributed by atoms with Crippen LogP contribution in [0.25, 0.3) is 0 Å². The molecule has 1 fully saturated rings. The van der Waals surface area contributed by atoms with Gasteiger partial charge in [0.1, 0.15) is 11.9 Å². The first-order valence-corrected chi connectivity index (χ1v) is 6.03. The van der Waals surface area contributed by atoms with E-state index in [1.54, 1.807) is 0 Å². The lowest BCUT2D eigenvalue weighted by atomic mass is 10.0. The lowest BCUT2D eigenvalue weighted by molar-refractivity contribution is 0.0694. The number of carbonyl (C=O) groups is 1. The fourth-order valence-corrected chi connectivity index (χ4v) is 2.09. The number of hydrogen-bond donors (Lipinski definition) is 2. The summed E-state index contributed by atoms with van der Waals surface area (Å²) in [7, 11) is 0. The molecule has 98 valence electrons. The van der Waals surface area contributed by atoms with E-state index < -0.39 is 5.97 Å². The van der Waals surface area contributed by atoms with E-state index in [1.807, 2.05) is 0 Å². The summed E-state index contributed by atoms with van der Waals surface area (Å²) in [5, 5.41) is 12.2. The third-order valence-corrected chi connectivity index (χ3v) is 3.26. The van der Waals surface area contributed by atoms with E-state index in [0.717, 1.165) is 19.6 Å². The monoisotopic (exact) mass is 251 g/mol. The standard InChI is InChI=1S/C12H17N3O3/c1-8-9(2-3-18-8)4-13-6-11-10(12(16)17)5-14-7-15-11/h5,7-9,13H,2-4,6H2,1H3,(H,16,17). The second kappa shape index (κ2) is 5.88. The quantitative estimate of drug-likeness (QED) is 0.801. The molecule has 2 N–H and O–H groups in total. The Morgan fingerprint density at radius 2 is 2.50 bits per heavy atom. The molecule has 6 nitrogen and oxygen atoms in total. The van der Waals surface area contributed by atoms with E-state index in [2.05, 4.69) is 22.2 Å². The Morgan fingerprint density at radius 1 is 1.67 bits per heavy atom. The van der Waals surface area contributed by atoms with Gasteiger partial charge in [0.2, 0.25) is 0 Å². The molecule has 2 unspecified atom stereocenters. The lowest BCUT2D eigenvalue weighted by Crippen LogP contribution is -2.27. The summed E-state index contributed by atoms with van der Waals surface area (Å²) in [6.45, 7) is 4.12. The number of nitrogens with zero attached hydrogens (tertiary/aromatic N) is 2. The highest BCUT2D eigenvalue weighted by molar-refractivity contribution is 5.88. The number of ether oxygens (including phenoxy) is 1. The second-order valence-corrected chi connectivity index (χ2v) is 4.44. The molecule has 1 aromatic rings. The van der Waals surface area contributed by atoms with E-state index in [0.29, 0.717) is 18.2 Å². The molecular weight excluding hydrogens is 234 g/mol. The fraction of sp³-hybridized carbons (Fsp3) is 0.583. The Balaban J connectivity index is 1.88. The van der Waals surface area contributed by atoms with Gasteiger partial charge >= 0.3 is 5.97 Å². The molecule has 0 aromatic carbocycles. The number of hydrogen-bond acceptors (Lipinski definition) is 5. The minimum Gasteiger partial charge on any atom is -0.478 e. The molecule has 18 heavy (non-hydrogen) atoms. The first kappa shape index (κ1) is 12.9. The lowest BCUT2D eigenvalue weighted by Gasteiger charge is -2.14. The summed E-state index contributed by atoms with van der Waals surface area (Å²) < 4.78 is 5.47. The average molecular weight is 251 g/mol. The zero-order chi connectivity index (χ0) is 13.0. The van der Waals surface area contributed by atoms with E-state index in [-0.39, 0.29) is 11.7 Å². The molecule has 2 rings (SSSR count). The summed E-state index contributed by atoms with van der Waals surface area (Å²) in [5.74, 6) is -0.509. The number of rotatable bonds is 5. The highest BCUT2D eigenvalue weighted by Gasteiger charge is 2.23. The molecule has 2 atom stereocenters. The van der Waals surface area contributed by atoms with Crippen molar-refractivity contribution in [3.8, 4) is 0 Å². The van der Waals surface area contributed by atoms with Gasteiger partial charge in [-0.3, -0.25) is 0 Å². The minimum absolute atomic E-state index is 0.153. The van der Waals surface area contributed by atoms with Crippen LogP contribution in [-0.4, -0.2) is 40.3 Å². The summed E-state index contributed by atoms with van der Waals surface area (Å²) in [6.07, 6.45) is 4.00. The van der Waals surface area contributed by atoms with Gasteiger partial charge in [-0.1, -0.05) is 0 Å². The van der Waals surface area contributed by atoms with Crippen molar-refractivity contribution >= 4 is 5.97 Å². The third-order valence-electron chi connectivity index (χ3n) is 3.26. The molecular formula is C12H17N3O3. The van der Waals surface area contributed by atoms with Crippen LogP contribution in [0.3, 0.4) is 0 Å². The van der Waals surface area contributed by atoms with Crippen molar-refractivity contribution in [1.82, 2.24) is 15.3 Å². The van der Waals surface area contributed by atoms with Gasteiger partial charge in [-0.05, 0) is 19.3 Å². The smallest absolute Gasteiger partial charge is 0.339 e. The topological polar surface area (TPSA) is 84.3 Å². The van der Waals surface area contributed by atoms with Crippen LogP contribution in [0.1, 0.15) is 29.4 Å². The average Bonchev–Trinajstić information content (AvgIpc) is 2.76. The van der Waals surface area contributed by atoms with E-state index in [4.69, 9.17) is 9.84 Å². The molecule has 0 amide bonds. The predicted molar refractivity (Wildman–Crippen MR) is 64.2 cm³/mol. The van der Waals surface area contributed by atoms with Crippen LogP contribution in [0.4, 0.5) is 0 Å². The zero-order valence-corrected chi connectivity index (χ0v) is 10.3. The van der Waals surface area contributed by atoms with Gasteiger partial charge in [0.05, 0.1) is 11.8 Å². The number of nitrogens with one attached hydrogen (secondary N) is 1. The van der Waals surface area contributed by atoms with Gasteiger partial charge in [-0.25, -0.2) is 14.8 Å². The maximum atomic E-state index is 11.0. The first-order chi connectivity index (χ1) is 8.68. The molecule has 0 saturated carbocycles. The highest BCUT2D eigenvalue weighted by atomic mass is 16.5. The van der Waals surface area contributed by atoms with Gasteiger partial charge in [0.15, 0.2) is 0 Å². The summed E-state index contributed by atoms with van der Waals surface area (Å²) in [5.41, 5.74) is 0.671. The van der Waals surface area contributed by atoms with Crippen LogP contribution >= 0.6 is 0 Å². The minimum atomic E-state index is -0.995. The Labute approximate surface area is 105 Å². The van der Waals surface area contributed by atoms with E-state index in [9.17, 15) is 4.79 Å². The first-order valence-electron chi connectivity index (χ1n) is 6.03. The van der Waals surface area contributed by atoms with Gasteiger partial charge < -0.3 is 15.2 Å².